The van der Waals surface area contributed by atoms with E-state index in [0.717, 1.165) is 38.8 Å². The molecule has 4 nitrogen and oxygen atoms in total. The Morgan fingerprint density at radius 1 is 1.21 bits per heavy atom. The van der Waals surface area contributed by atoms with Gasteiger partial charge in [-0.25, -0.2) is 0 Å². The molecular weight excluding hydrogens is 358 g/mol. The lowest BCUT2D eigenvalue weighted by Gasteiger charge is -2.24. The Morgan fingerprint density at radius 3 is 2.69 bits per heavy atom. The summed E-state index contributed by atoms with van der Waals surface area (Å²) in [4.78, 5) is 14.6. The Hall–Kier alpha value is -2.64. The number of hydrogen-bond acceptors (Lipinski definition) is 3. The highest BCUT2D eigenvalue weighted by atomic mass is 16.2. The van der Waals surface area contributed by atoms with E-state index in [0.29, 0.717) is 18.9 Å². The summed E-state index contributed by atoms with van der Waals surface area (Å²) in [5.41, 5.74) is 3.73. The molecule has 0 aliphatic carbocycles. The first kappa shape index (κ1) is 21.1. The molecule has 0 bridgehead atoms. The van der Waals surface area contributed by atoms with Crippen LogP contribution in [0.25, 0.3) is 0 Å². The number of unbranched alkanes of at least 4 members (excludes halogenated alkanes) is 1. The van der Waals surface area contributed by atoms with Gasteiger partial charge in [-0.15, -0.1) is 0 Å². The molecule has 4 heteroatoms. The zero-order valence-electron chi connectivity index (χ0n) is 17.3. The van der Waals surface area contributed by atoms with Crippen molar-refractivity contribution in [3.05, 3.63) is 71.3 Å². The molecule has 1 aliphatic rings. The van der Waals surface area contributed by atoms with Crippen LogP contribution in [0.15, 0.2) is 54.6 Å². The number of nitrogens with zero attached hydrogens (tertiary/aromatic N) is 2. The van der Waals surface area contributed by atoms with Gasteiger partial charge >= 0.3 is 0 Å². The maximum absolute atomic E-state index is 12.6. The van der Waals surface area contributed by atoms with Gasteiger partial charge in [0.05, 0.1) is 6.07 Å². The van der Waals surface area contributed by atoms with Crippen molar-refractivity contribution in [2.45, 2.75) is 57.5 Å². The van der Waals surface area contributed by atoms with E-state index in [2.05, 4.69) is 54.7 Å². The van der Waals surface area contributed by atoms with Crippen molar-refractivity contribution in [2.24, 2.45) is 0 Å². The smallest absolute Gasteiger partial charge is 0.222 e. The van der Waals surface area contributed by atoms with Crippen molar-refractivity contribution in [1.82, 2.24) is 10.2 Å². The van der Waals surface area contributed by atoms with Crippen molar-refractivity contribution < 1.29 is 4.79 Å². The van der Waals surface area contributed by atoms with Gasteiger partial charge in [-0.2, -0.15) is 5.26 Å². The van der Waals surface area contributed by atoms with Crippen molar-refractivity contribution in [2.75, 3.05) is 13.1 Å². The zero-order chi connectivity index (χ0) is 20.5. The second-order valence-electron chi connectivity index (χ2n) is 7.99. The highest BCUT2D eigenvalue weighted by Crippen LogP contribution is 2.23. The monoisotopic (exact) mass is 389 g/mol. The van der Waals surface area contributed by atoms with E-state index in [1.165, 1.54) is 16.7 Å². The van der Waals surface area contributed by atoms with Gasteiger partial charge in [0.25, 0.3) is 0 Å². The van der Waals surface area contributed by atoms with Gasteiger partial charge < -0.3 is 10.2 Å². The van der Waals surface area contributed by atoms with E-state index in [4.69, 9.17) is 5.26 Å². The summed E-state index contributed by atoms with van der Waals surface area (Å²) in [5, 5.41) is 12.7. The number of aryl methyl sites for hydroxylation is 2. The maximum Gasteiger partial charge on any atom is 0.222 e. The lowest BCUT2D eigenvalue weighted by Crippen LogP contribution is -2.37. The number of hydrogen-bond donors (Lipinski definition) is 1. The summed E-state index contributed by atoms with van der Waals surface area (Å²) in [6.07, 6.45) is 4.76. The van der Waals surface area contributed by atoms with E-state index in [1.54, 1.807) is 0 Å². The molecule has 0 saturated carbocycles. The molecular formula is C25H31N3O. The summed E-state index contributed by atoms with van der Waals surface area (Å²) >= 11 is 0. The fourth-order valence-corrected chi connectivity index (χ4v) is 3.99. The molecule has 2 aromatic carbocycles. The molecule has 0 radical (unpaired) electrons. The summed E-state index contributed by atoms with van der Waals surface area (Å²) in [6, 6.07) is 21.6. The Kier molecular flexibility index (Phi) is 7.84. The Labute approximate surface area is 174 Å². The second kappa shape index (κ2) is 10.8. The Morgan fingerprint density at radius 2 is 1.97 bits per heavy atom. The summed E-state index contributed by atoms with van der Waals surface area (Å²) in [7, 11) is 0. The first-order chi connectivity index (χ1) is 14.2. The third kappa shape index (κ3) is 6.44. The standard InChI is InChI=1S/C25H31N3O/c1-20-10-13-22(14-11-20)24(9-5-6-17-26)27-23-16-18-28(19-23)25(29)15-12-21-7-3-2-4-8-21/h2-4,7-8,10-11,13-14,23-24,27H,5-6,9,12,15-16,18-19H2,1H3/t23-,24+/m1/s1. The number of amides is 1. The van der Waals surface area contributed by atoms with E-state index in [-0.39, 0.29) is 11.9 Å². The number of benzene rings is 2. The Balaban J connectivity index is 1.53. The van der Waals surface area contributed by atoms with Crippen LogP contribution in [0.3, 0.4) is 0 Å². The Bertz CT molecular complexity index is 810. The van der Waals surface area contributed by atoms with Crippen LogP contribution in [-0.2, 0) is 11.2 Å². The number of carbonyl (C=O) groups is 1. The lowest BCUT2D eigenvalue weighted by atomic mass is 9.99. The predicted octanol–water partition coefficient (Wildman–Crippen LogP) is 4.55. The summed E-state index contributed by atoms with van der Waals surface area (Å²) in [6.45, 7) is 3.69. The number of carbonyl (C=O) groups excluding carboxylic acids is 1. The van der Waals surface area contributed by atoms with Gasteiger partial charge in [0.15, 0.2) is 0 Å². The summed E-state index contributed by atoms with van der Waals surface area (Å²) in [5.74, 6) is 0.245. The third-order valence-corrected chi connectivity index (χ3v) is 5.71. The van der Waals surface area contributed by atoms with Crippen LogP contribution in [0.2, 0.25) is 0 Å². The van der Waals surface area contributed by atoms with Crippen molar-refractivity contribution in [1.29, 1.82) is 5.26 Å². The van der Waals surface area contributed by atoms with Crippen LogP contribution in [-0.4, -0.2) is 29.9 Å². The van der Waals surface area contributed by atoms with Crippen LogP contribution in [0.4, 0.5) is 0 Å². The molecule has 3 rings (SSSR count). The first-order valence-electron chi connectivity index (χ1n) is 10.7. The van der Waals surface area contributed by atoms with E-state index in [1.807, 2.05) is 23.1 Å². The molecule has 0 spiro atoms. The number of likely N-dealkylation sites (tertiary alicyclic amines) is 1. The fraction of sp³-hybridized carbons (Fsp3) is 0.440. The van der Waals surface area contributed by atoms with Crippen molar-refractivity contribution >= 4 is 5.91 Å². The molecule has 2 aromatic rings. The summed E-state index contributed by atoms with van der Waals surface area (Å²) < 4.78 is 0. The molecule has 1 amide bonds. The van der Waals surface area contributed by atoms with E-state index >= 15 is 0 Å². The molecule has 2 atom stereocenters. The van der Waals surface area contributed by atoms with Crippen LogP contribution < -0.4 is 5.32 Å². The topological polar surface area (TPSA) is 56.1 Å². The first-order valence-corrected chi connectivity index (χ1v) is 10.7. The van der Waals surface area contributed by atoms with Crippen LogP contribution >= 0.6 is 0 Å². The van der Waals surface area contributed by atoms with Crippen LogP contribution in [0.1, 0.15) is 54.8 Å². The molecule has 0 aromatic heterocycles. The second-order valence-corrected chi connectivity index (χ2v) is 7.99. The minimum Gasteiger partial charge on any atom is -0.341 e. The number of rotatable bonds is 9. The quantitative estimate of drug-likeness (QED) is 0.640. The van der Waals surface area contributed by atoms with Gasteiger partial charge in [0.1, 0.15) is 0 Å². The molecule has 1 aliphatic heterocycles. The molecule has 1 N–H and O–H groups in total. The molecule has 152 valence electrons. The van der Waals surface area contributed by atoms with Gasteiger partial charge in [-0.3, -0.25) is 4.79 Å². The van der Waals surface area contributed by atoms with E-state index < -0.39 is 0 Å². The zero-order valence-corrected chi connectivity index (χ0v) is 17.3. The normalized spacial score (nSPS) is 17.1. The minimum absolute atomic E-state index is 0.230. The molecule has 1 saturated heterocycles. The van der Waals surface area contributed by atoms with Gasteiger partial charge in [0, 0.05) is 38.0 Å². The number of nitrogens with one attached hydrogen (secondary N) is 1. The molecule has 29 heavy (non-hydrogen) atoms. The van der Waals surface area contributed by atoms with Gasteiger partial charge in [0.2, 0.25) is 5.91 Å². The van der Waals surface area contributed by atoms with Gasteiger partial charge in [-0.1, -0.05) is 60.2 Å². The fourth-order valence-electron chi connectivity index (χ4n) is 3.99. The van der Waals surface area contributed by atoms with Crippen LogP contribution in [0, 0.1) is 18.3 Å². The van der Waals surface area contributed by atoms with Gasteiger partial charge in [-0.05, 0) is 43.7 Å². The van der Waals surface area contributed by atoms with Crippen LogP contribution in [0.5, 0.6) is 0 Å². The van der Waals surface area contributed by atoms with E-state index in [9.17, 15) is 4.79 Å². The SMILES string of the molecule is Cc1ccc([C@H](CCCC#N)N[C@@H]2CCN(C(=O)CCc3ccccc3)C2)cc1. The maximum atomic E-state index is 12.6. The predicted molar refractivity (Wildman–Crippen MR) is 116 cm³/mol. The van der Waals surface area contributed by atoms with Crippen molar-refractivity contribution in [3.63, 3.8) is 0 Å². The number of nitriles is 1. The lowest BCUT2D eigenvalue weighted by molar-refractivity contribution is -0.130. The largest absolute Gasteiger partial charge is 0.341 e. The highest BCUT2D eigenvalue weighted by Gasteiger charge is 2.27. The molecule has 1 heterocycles. The average Bonchev–Trinajstić information content (AvgIpc) is 3.21. The molecule has 0 unspecified atom stereocenters. The van der Waals surface area contributed by atoms with Crippen molar-refractivity contribution in [3.8, 4) is 6.07 Å². The highest BCUT2D eigenvalue weighted by molar-refractivity contribution is 5.76. The minimum atomic E-state index is 0.230. The molecule has 1 fully saturated rings. The average molecular weight is 390 g/mol. The third-order valence-electron chi connectivity index (χ3n) is 5.71.